The fourth-order valence-corrected chi connectivity index (χ4v) is 4.28. The van der Waals surface area contributed by atoms with Crippen molar-refractivity contribution in [2.75, 3.05) is 13.2 Å². The second-order valence-electron chi connectivity index (χ2n) is 9.93. The number of allylic oxidation sites excluding steroid dienone is 1. The van der Waals surface area contributed by atoms with Crippen LogP contribution in [-0.4, -0.2) is 42.3 Å². The largest absolute Gasteiger partial charge is 0.445 e. The molecule has 1 aliphatic rings. The first-order valence-corrected chi connectivity index (χ1v) is 13.5. The summed E-state index contributed by atoms with van der Waals surface area (Å²) < 4.78 is 17.2. The van der Waals surface area contributed by atoms with E-state index in [1.807, 2.05) is 44.2 Å². The summed E-state index contributed by atoms with van der Waals surface area (Å²) >= 11 is 0. The van der Waals surface area contributed by atoms with Crippen molar-refractivity contribution >= 4 is 6.09 Å². The number of aliphatic hydroxyl groups is 1. The third-order valence-electron chi connectivity index (χ3n) is 6.32. The van der Waals surface area contributed by atoms with E-state index in [9.17, 15) is 4.79 Å². The number of ether oxygens (including phenoxy) is 3. The fraction of sp³-hybridized carbons (Fsp3) is 0.690. The van der Waals surface area contributed by atoms with E-state index in [4.69, 9.17) is 19.3 Å². The second kappa shape index (κ2) is 17.5. The van der Waals surface area contributed by atoms with Gasteiger partial charge in [-0.3, -0.25) is 0 Å². The van der Waals surface area contributed by atoms with Crippen LogP contribution in [0.15, 0.2) is 42.5 Å². The summed E-state index contributed by atoms with van der Waals surface area (Å²) in [6.07, 6.45) is 18.0. The van der Waals surface area contributed by atoms with Crippen LogP contribution in [0.4, 0.5) is 4.79 Å². The Morgan fingerprint density at radius 2 is 1.63 bits per heavy atom. The summed E-state index contributed by atoms with van der Waals surface area (Å²) in [6, 6.07) is 9.39. The average Bonchev–Trinajstić information content (AvgIpc) is 2.85. The van der Waals surface area contributed by atoms with Crippen LogP contribution in [0.3, 0.4) is 0 Å². The van der Waals surface area contributed by atoms with Crippen molar-refractivity contribution in [3.63, 3.8) is 0 Å². The molecule has 0 aromatic heterocycles. The number of rotatable bonds is 17. The molecule has 0 unspecified atom stereocenters. The maximum absolute atomic E-state index is 12.3. The zero-order chi connectivity index (χ0) is 25.2. The first kappa shape index (κ1) is 29.3. The average molecular weight is 490 g/mol. The molecule has 2 N–H and O–H groups in total. The van der Waals surface area contributed by atoms with Crippen molar-refractivity contribution in [3.8, 4) is 0 Å². The lowest BCUT2D eigenvalue weighted by molar-refractivity contribution is -0.280. The number of hydrogen-bond acceptors (Lipinski definition) is 5. The molecule has 0 saturated carbocycles. The van der Waals surface area contributed by atoms with Gasteiger partial charge in [-0.05, 0) is 45.1 Å². The molecule has 0 radical (unpaired) electrons. The van der Waals surface area contributed by atoms with Crippen LogP contribution >= 0.6 is 0 Å². The number of alkyl carbamates (subject to hydrolysis) is 1. The van der Waals surface area contributed by atoms with Gasteiger partial charge in [0.2, 0.25) is 0 Å². The SMILES string of the molecule is CC1(C)OC[C@@H](NC(=O)OCc2ccccc2)[C@@H](C/C=C/CCCCCCCCCCCCO)O1. The number of benzene rings is 1. The van der Waals surface area contributed by atoms with Crippen molar-refractivity contribution in [3.05, 3.63) is 48.0 Å². The van der Waals surface area contributed by atoms with Gasteiger partial charge < -0.3 is 24.6 Å². The van der Waals surface area contributed by atoms with Crippen molar-refractivity contribution in [2.24, 2.45) is 0 Å². The van der Waals surface area contributed by atoms with Crippen molar-refractivity contribution in [1.29, 1.82) is 0 Å². The van der Waals surface area contributed by atoms with E-state index in [2.05, 4.69) is 17.5 Å². The molecule has 1 aromatic carbocycles. The topological polar surface area (TPSA) is 77.0 Å². The number of carbonyl (C=O) groups excluding carboxylic acids is 1. The third-order valence-corrected chi connectivity index (χ3v) is 6.32. The highest BCUT2D eigenvalue weighted by atomic mass is 16.7. The molecule has 1 fully saturated rings. The molecule has 0 bridgehead atoms. The van der Waals surface area contributed by atoms with E-state index < -0.39 is 11.9 Å². The minimum absolute atomic E-state index is 0.156. The van der Waals surface area contributed by atoms with Gasteiger partial charge in [-0.15, -0.1) is 0 Å². The van der Waals surface area contributed by atoms with Crippen LogP contribution in [0.1, 0.15) is 96.5 Å². The second-order valence-corrected chi connectivity index (χ2v) is 9.93. The Morgan fingerprint density at radius 3 is 2.29 bits per heavy atom. The maximum Gasteiger partial charge on any atom is 0.407 e. The first-order chi connectivity index (χ1) is 17.0. The van der Waals surface area contributed by atoms with E-state index in [1.165, 1.54) is 51.4 Å². The molecule has 2 rings (SSSR count). The first-order valence-electron chi connectivity index (χ1n) is 13.5. The number of hydrogen-bond donors (Lipinski definition) is 2. The molecule has 1 amide bonds. The molecule has 0 spiro atoms. The Labute approximate surface area is 212 Å². The van der Waals surface area contributed by atoms with Gasteiger partial charge in [0.25, 0.3) is 0 Å². The van der Waals surface area contributed by atoms with Crippen LogP contribution < -0.4 is 5.32 Å². The number of aliphatic hydroxyl groups excluding tert-OH is 1. The highest BCUT2D eigenvalue weighted by molar-refractivity contribution is 5.67. The Hall–Kier alpha value is -1.89. The van der Waals surface area contributed by atoms with Gasteiger partial charge >= 0.3 is 6.09 Å². The van der Waals surface area contributed by atoms with Gasteiger partial charge in [0, 0.05) is 6.61 Å². The van der Waals surface area contributed by atoms with Crippen LogP contribution in [-0.2, 0) is 20.8 Å². The smallest absolute Gasteiger partial charge is 0.407 e. The molecule has 35 heavy (non-hydrogen) atoms. The molecular formula is C29H47NO5. The number of nitrogens with one attached hydrogen (secondary N) is 1. The summed E-state index contributed by atoms with van der Waals surface area (Å²) in [7, 11) is 0. The molecule has 1 saturated heterocycles. The van der Waals surface area contributed by atoms with Crippen molar-refractivity contribution in [1.82, 2.24) is 5.32 Å². The van der Waals surface area contributed by atoms with Gasteiger partial charge in [-0.1, -0.05) is 93.9 Å². The summed E-state index contributed by atoms with van der Waals surface area (Å²) in [5.74, 6) is -0.663. The van der Waals surface area contributed by atoms with Gasteiger partial charge in [-0.2, -0.15) is 0 Å². The Kier molecular flexibility index (Phi) is 14.7. The predicted octanol–water partition coefficient (Wildman–Crippen LogP) is 6.66. The van der Waals surface area contributed by atoms with Crippen LogP contribution in [0, 0.1) is 0 Å². The zero-order valence-corrected chi connectivity index (χ0v) is 21.9. The molecule has 6 nitrogen and oxygen atoms in total. The fourth-order valence-electron chi connectivity index (χ4n) is 4.28. The van der Waals surface area contributed by atoms with Crippen molar-refractivity contribution < 1.29 is 24.1 Å². The molecule has 198 valence electrons. The van der Waals surface area contributed by atoms with Crippen LogP contribution in [0.2, 0.25) is 0 Å². The standard InChI is InChI=1S/C29H47NO5/c1-29(2)34-24-26(30-28(32)33-23-25-19-15-14-16-20-25)27(35-29)21-17-12-10-8-6-4-3-5-7-9-11-13-18-22-31/h12,14-17,19-20,26-27,31H,3-11,13,18,21-24H2,1-2H3,(H,30,32)/b17-12+/t26-,27-/m1/s1. The minimum atomic E-state index is -0.663. The van der Waals surface area contributed by atoms with Crippen molar-refractivity contribution in [2.45, 2.75) is 115 Å². The van der Waals surface area contributed by atoms with Gasteiger partial charge in [0.15, 0.2) is 5.79 Å². The van der Waals surface area contributed by atoms with Gasteiger partial charge in [-0.25, -0.2) is 4.79 Å². The zero-order valence-electron chi connectivity index (χ0n) is 21.9. The van der Waals surface area contributed by atoms with Gasteiger partial charge in [0.05, 0.1) is 18.8 Å². The molecule has 2 atom stereocenters. The third kappa shape index (κ3) is 13.7. The Bertz CT molecular complexity index is 706. The summed E-state index contributed by atoms with van der Waals surface area (Å²) in [5.41, 5.74) is 0.952. The van der Waals surface area contributed by atoms with Crippen LogP contribution in [0.25, 0.3) is 0 Å². The van der Waals surface area contributed by atoms with E-state index in [1.54, 1.807) is 0 Å². The molecule has 6 heteroatoms. The quantitative estimate of drug-likeness (QED) is 0.189. The lowest BCUT2D eigenvalue weighted by Crippen LogP contribution is -2.55. The summed E-state index contributed by atoms with van der Waals surface area (Å²) in [6.45, 7) is 4.77. The normalized spacial score (nSPS) is 19.6. The molecular weight excluding hydrogens is 442 g/mol. The van der Waals surface area contributed by atoms with E-state index in [0.717, 1.165) is 31.2 Å². The molecule has 1 aliphatic heterocycles. The lowest BCUT2D eigenvalue weighted by atomic mass is 10.0. The highest BCUT2D eigenvalue weighted by Gasteiger charge is 2.36. The Morgan fingerprint density at radius 1 is 1.00 bits per heavy atom. The molecule has 1 aromatic rings. The molecule has 0 aliphatic carbocycles. The summed E-state index contributed by atoms with van der Waals surface area (Å²) in [5, 5.41) is 11.7. The maximum atomic E-state index is 12.3. The lowest BCUT2D eigenvalue weighted by Gasteiger charge is -2.40. The summed E-state index contributed by atoms with van der Waals surface area (Å²) in [4.78, 5) is 12.3. The number of unbranched alkanes of at least 4 members (excludes halogenated alkanes) is 10. The van der Waals surface area contributed by atoms with Gasteiger partial charge in [0.1, 0.15) is 6.61 Å². The minimum Gasteiger partial charge on any atom is -0.445 e. The number of amides is 1. The van der Waals surface area contributed by atoms with E-state index >= 15 is 0 Å². The van der Waals surface area contributed by atoms with E-state index in [-0.39, 0.29) is 18.8 Å². The number of carbonyl (C=O) groups is 1. The van der Waals surface area contributed by atoms with Crippen LogP contribution in [0.5, 0.6) is 0 Å². The van der Waals surface area contributed by atoms with E-state index in [0.29, 0.717) is 13.2 Å². The highest BCUT2D eigenvalue weighted by Crippen LogP contribution is 2.25. The molecule has 1 heterocycles. The Balaban J connectivity index is 1.59. The monoisotopic (exact) mass is 489 g/mol. The predicted molar refractivity (Wildman–Crippen MR) is 140 cm³/mol.